The maximum atomic E-state index is 13.3. The molecule has 2 atom stereocenters. The first-order valence-electron chi connectivity index (χ1n) is 10.7. The number of methoxy groups -OCH3 is 1. The minimum Gasteiger partial charge on any atom is -0.496 e. The van der Waals surface area contributed by atoms with Gasteiger partial charge in [-0.3, -0.25) is 4.79 Å². The molecule has 8 heteroatoms. The molecule has 3 aromatic rings. The molecule has 33 heavy (non-hydrogen) atoms. The average Bonchev–Trinajstić information content (AvgIpc) is 3.22. The van der Waals surface area contributed by atoms with Crippen molar-refractivity contribution in [2.24, 2.45) is 5.73 Å². The second kappa shape index (κ2) is 11.2. The minimum atomic E-state index is -1.03. The average molecular weight is 469 g/mol. The van der Waals surface area contributed by atoms with E-state index in [-0.39, 0.29) is 12.2 Å². The van der Waals surface area contributed by atoms with Gasteiger partial charge >= 0.3 is 5.97 Å². The van der Waals surface area contributed by atoms with Crippen LogP contribution >= 0.6 is 11.3 Å². The Balaban J connectivity index is 1.89. The Bertz CT molecular complexity index is 1110. The summed E-state index contributed by atoms with van der Waals surface area (Å²) in [5.41, 5.74) is 8.83. The number of thiazole rings is 1. The summed E-state index contributed by atoms with van der Waals surface area (Å²) in [6, 6.07) is 13.8. The van der Waals surface area contributed by atoms with Gasteiger partial charge in [0.2, 0.25) is 5.78 Å². The van der Waals surface area contributed by atoms with Crippen molar-refractivity contribution >= 4 is 23.1 Å². The Kier molecular flexibility index (Phi) is 8.32. The molecule has 0 saturated carbocycles. The summed E-state index contributed by atoms with van der Waals surface area (Å²) in [6.45, 7) is 4.11. The summed E-state index contributed by atoms with van der Waals surface area (Å²) in [4.78, 5) is 30.2. The molecule has 0 spiro atoms. The van der Waals surface area contributed by atoms with Gasteiger partial charge in [-0.1, -0.05) is 43.3 Å². The molecule has 174 valence electrons. The Morgan fingerprint density at radius 3 is 2.55 bits per heavy atom. The quantitative estimate of drug-likeness (QED) is 0.400. The highest BCUT2D eigenvalue weighted by Crippen LogP contribution is 2.32. The third-order valence-electron chi connectivity index (χ3n) is 5.18. The van der Waals surface area contributed by atoms with E-state index in [0.29, 0.717) is 29.2 Å². The van der Waals surface area contributed by atoms with E-state index < -0.39 is 18.1 Å². The summed E-state index contributed by atoms with van der Waals surface area (Å²) < 4.78 is 10.9. The SMILES string of the molecule is CCCOC(Cc1ccc(OC)c(C(N)C(=O)c2nc(-c3ccccc3)sc2C)c1)C(=O)O. The number of hydrogen-bond donors (Lipinski definition) is 2. The Labute approximate surface area is 197 Å². The predicted octanol–water partition coefficient (Wildman–Crippen LogP) is 4.43. The maximum Gasteiger partial charge on any atom is 0.333 e. The fourth-order valence-electron chi connectivity index (χ4n) is 3.46. The first kappa shape index (κ1) is 24.6. The lowest BCUT2D eigenvalue weighted by molar-refractivity contribution is -0.150. The molecule has 1 aromatic heterocycles. The molecule has 3 rings (SSSR count). The first-order chi connectivity index (χ1) is 15.8. The van der Waals surface area contributed by atoms with Gasteiger partial charge in [-0.2, -0.15) is 0 Å². The molecule has 0 aliphatic carbocycles. The molecule has 2 unspecified atom stereocenters. The van der Waals surface area contributed by atoms with Crippen LogP contribution in [0.3, 0.4) is 0 Å². The molecule has 0 bridgehead atoms. The van der Waals surface area contributed by atoms with Crippen molar-refractivity contribution in [2.75, 3.05) is 13.7 Å². The zero-order chi connectivity index (χ0) is 24.0. The number of hydrogen-bond acceptors (Lipinski definition) is 7. The number of carboxylic acid groups (broad SMARTS) is 1. The highest BCUT2D eigenvalue weighted by molar-refractivity contribution is 7.15. The molecular formula is C25H28N2O5S. The zero-order valence-corrected chi connectivity index (χ0v) is 19.7. The first-order valence-corrected chi connectivity index (χ1v) is 11.5. The van der Waals surface area contributed by atoms with E-state index in [9.17, 15) is 14.7 Å². The van der Waals surface area contributed by atoms with Gasteiger partial charge in [-0.15, -0.1) is 11.3 Å². The van der Waals surface area contributed by atoms with Gasteiger partial charge in [0.1, 0.15) is 16.5 Å². The monoisotopic (exact) mass is 468 g/mol. The Morgan fingerprint density at radius 2 is 1.91 bits per heavy atom. The van der Waals surface area contributed by atoms with Crippen LogP contribution in [-0.4, -0.2) is 41.7 Å². The summed E-state index contributed by atoms with van der Waals surface area (Å²) >= 11 is 1.44. The topological polar surface area (TPSA) is 112 Å². The smallest absolute Gasteiger partial charge is 0.333 e. The van der Waals surface area contributed by atoms with Crippen molar-refractivity contribution in [1.29, 1.82) is 0 Å². The van der Waals surface area contributed by atoms with E-state index in [4.69, 9.17) is 15.2 Å². The number of aromatic nitrogens is 1. The highest BCUT2D eigenvalue weighted by Gasteiger charge is 2.27. The van der Waals surface area contributed by atoms with E-state index in [1.54, 1.807) is 18.2 Å². The van der Waals surface area contributed by atoms with Crippen molar-refractivity contribution in [3.63, 3.8) is 0 Å². The third-order valence-corrected chi connectivity index (χ3v) is 6.20. The van der Waals surface area contributed by atoms with Crippen LogP contribution < -0.4 is 10.5 Å². The highest BCUT2D eigenvalue weighted by atomic mass is 32.1. The molecule has 0 aliphatic rings. The molecule has 0 radical (unpaired) electrons. The van der Waals surface area contributed by atoms with Gasteiger partial charge in [-0.25, -0.2) is 9.78 Å². The van der Waals surface area contributed by atoms with Crippen LogP contribution in [0.5, 0.6) is 5.75 Å². The third kappa shape index (κ3) is 5.84. The van der Waals surface area contributed by atoms with Gasteiger partial charge in [0.15, 0.2) is 6.10 Å². The lowest BCUT2D eigenvalue weighted by atomic mass is 9.96. The fourth-order valence-corrected chi connectivity index (χ4v) is 4.39. The molecule has 7 nitrogen and oxygen atoms in total. The lowest BCUT2D eigenvalue weighted by Gasteiger charge is -2.18. The molecule has 2 aromatic carbocycles. The number of ether oxygens (including phenoxy) is 2. The predicted molar refractivity (Wildman–Crippen MR) is 128 cm³/mol. The minimum absolute atomic E-state index is 0.154. The number of aryl methyl sites for hydroxylation is 1. The fraction of sp³-hybridized carbons (Fsp3) is 0.320. The van der Waals surface area contributed by atoms with Crippen LogP contribution in [0.4, 0.5) is 0 Å². The number of Topliss-reactive ketones (excluding diaryl/α,β-unsaturated/α-hetero) is 1. The second-order valence-electron chi connectivity index (χ2n) is 7.61. The van der Waals surface area contributed by atoms with Gasteiger partial charge in [0, 0.05) is 29.0 Å². The van der Waals surface area contributed by atoms with E-state index in [1.807, 2.05) is 44.2 Å². The number of nitrogens with two attached hydrogens (primary N) is 1. The van der Waals surface area contributed by atoms with E-state index in [0.717, 1.165) is 21.9 Å². The maximum absolute atomic E-state index is 13.3. The van der Waals surface area contributed by atoms with Crippen LogP contribution in [-0.2, 0) is 16.0 Å². The number of aliphatic carboxylic acids is 1. The van der Waals surface area contributed by atoms with Crippen LogP contribution in [0.2, 0.25) is 0 Å². The molecule has 0 fully saturated rings. The molecule has 0 saturated heterocycles. The van der Waals surface area contributed by atoms with Crippen LogP contribution in [0.1, 0.15) is 45.9 Å². The number of ketones is 1. The van der Waals surface area contributed by atoms with E-state index in [2.05, 4.69) is 4.98 Å². The summed E-state index contributed by atoms with van der Waals surface area (Å²) in [6.07, 6.45) is -0.108. The number of carboxylic acids is 1. The molecule has 3 N–H and O–H groups in total. The van der Waals surface area contributed by atoms with Gasteiger partial charge < -0.3 is 20.3 Å². The second-order valence-corrected chi connectivity index (χ2v) is 8.81. The summed E-state index contributed by atoms with van der Waals surface area (Å²) in [5.74, 6) is -0.900. The number of nitrogens with zero attached hydrogens (tertiary/aromatic N) is 1. The van der Waals surface area contributed by atoms with Gasteiger partial charge in [-0.05, 0) is 31.0 Å². The molecule has 1 heterocycles. The normalized spacial score (nSPS) is 12.8. The van der Waals surface area contributed by atoms with Crippen molar-refractivity contribution in [2.45, 2.75) is 38.8 Å². The van der Waals surface area contributed by atoms with Crippen molar-refractivity contribution in [1.82, 2.24) is 4.98 Å². The van der Waals surface area contributed by atoms with E-state index >= 15 is 0 Å². The molecule has 0 amide bonds. The zero-order valence-electron chi connectivity index (χ0n) is 18.9. The number of carbonyl (C=O) groups is 2. The number of rotatable bonds is 11. The van der Waals surface area contributed by atoms with Crippen molar-refractivity contribution in [3.05, 3.63) is 70.2 Å². The number of carbonyl (C=O) groups excluding carboxylic acids is 1. The Morgan fingerprint density at radius 1 is 1.18 bits per heavy atom. The number of benzene rings is 2. The van der Waals surface area contributed by atoms with Gasteiger partial charge in [0.25, 0.3) is 0 Å². The van der Waals surface area contributed by atoms with Crippen molar-refractivity contribution in [3.8, 4) is 16.3 Å². The molecule has 0 aliphatic heterocycles. The van der Waals surface area contributed by atoms with E-state index in [1.165, 1.54) is 18.4 Å². The van der Waals surface area contributed by atoms with Gasteiger partial charge in [0.05, 0.1) is 13.2 Å². The molecular weight excluding hydrogens is 440 g/mol. The van der Waals surface area contributed by atoms with Crippen molar-refractivity contribution < 1.29 is 24.2 Å². The van der Waals surface area contributed by atoms with Crippen LogP contribution in [0, 0.1) is 6.92 Å². The largest absolute Gasteiger partial charge is 0.496 e. The van der Waals surface area contributed by atoms with Crippen LogP contribution in [0.25, 0.3) is 10.6 Å². The summed E-state index contributed by atoms with van der Waals surface area (Å²) in [7, 11) is 1.50. The standard InChI is InChI=1S/C25H28N2O5S/c1-4-12-32-20(25(29)30)14-16-10-11-19(31-3)18(13-16)21(26)23(28)22-15(2)33-24(27-22)17-8-6-5-7-9-17/h5-11,13,20-21H,4,12,14,26H2,1-3H3,(H,29,30). The lowest BCUT2D eigenvalue weighted by Crippen LogP contribution is -2.27. The Hall–Kier alpha value is -3.07. The van der Waals surface area contributed by atoms with Crippen LogP contribution in [0.15, 0.2) is 48.5 Å². The summed E-state index contributed by atoms with van der Waals surface area (Å²) in [5, 5.41) is 10.2.